The molecule has 0 spiro atoms. The monoisotopic (exact) mass is 245 g/mol. The number of hydrogen-bond donors (Lipinski definition) is 1. The van der Waals surface area contributed by atoms with Gasteiger partial charge in [-0.15, -0.1) is 0 Å². The van der Waals surface area contributed by atoms with Gasteiger partial charge in [-0.05, 0) is 30.4 Å². The summed E-state index contributed by atoms with van der Waals surface area (Å²) in [6, 6.07) is 4.44. The van der Waals surface area contributed by atoms with Gasteiger partial charge in [-0.25, -0.2) is 0 Å². The molecule has 0 amide bonds. The van der Waals surface area contributed by atoms with Gasteiger partial charge in [-0.1, -0.05) is 33.8 Å². The zero-order chi connectivity index (χ0) is 13.5. The summed E-state index contributed by atoms with van der Waals surface area (Å²) in [5.41, 5.74) is 10.7. The van der Waals surface area contributed by atoms with E-state index in [9.17, 15) is 0 Å². The minimum atomic E-state index is 0.0823. The third-order valence-corrected chi connectivity index (χ3v) is 3.47. The van der Waals surface area contributed by atoms with Gasteiger partial charge in [0.15, 0.2) is 0 Å². The van der Waals surface area contributed by atoms with Crippen molar-refractivity contribution in [1.29, 1.82) is 0 Å². The molecule has 0 radical (unpaired) electrons. The summed E-state index contributed by atoms with van der Waals surface area (Å²) in [7, 11) is 0. The van der Waals surface area contributed by atoms with E-state index >= 15 is 0 Å². The van der Waals surface area contributed by atoms with E-state index in [0.717, 1.165) is 17.8 Å². The van der Waals surface area contributed by atoms with Gasteiger partial charge in [-0.2, -0.15) is 0 Å². The number of nitrogens with two attached hydrogens (primary N) is 1. The molecule has 2 aromatic rings. The van der Waals surface area contributed by atoms with Crippen LogP contribution in [0.2, 0.25) is 0 Å². The van der Waals surface area contributed by atoms with E-state index in [1.165, 1.54) is 22.1 Å². The second-order valence-electron chi connectivity index (χ2n) is 6.00. The Morgan fingerprint density at radius 3 is 2.39 bits per heavy atom. The van der Waals surface area contributed by atoms with E-state index < -0.39 is 0 Å². The van der Waals surface area contributed by atoms with Crippen molar-refractivity contribution in [2.75, 3.05) is 0 Å². The Balaban J connectivity index is 2.85. The van der Waals surface area contributed by atoms with E-state index in [4.69, 9.17) is 10.2 Å². The van der Waals surface area contributed by atoms with Crippen LogP contribution in [0.3, 0.4) is 0 Å². The molecule has 2 nitrogen and oxygen atoms in total. The lowest BCUT2D eigenvalue weighted by Crippen LogP contribution is -2.11. The van der Waals surface area contributed by atoms with Crippen LogP contribution in [0.1, 0.15) is 50.1 Å². The Bertz CT molecular complexity index is 573. The van der Waals surface area contributed by atoms with Crippen molar-refractivity contribution in [1.82, 2.24) is 0 Å². The van der Waals surface area contributed by atoms with Crippen molar-refractivity contribution < 1.29 is 4.42 Å². The maximum absolute atomic E-state index is 6.03. The molecule has 2 heteroatoms. The van der Waals surface area contributed by atoms with Gasteiger partial charge in [-0.3, -0.25) is 0 Å². The fraction of sp³-hybridized carbons (Fsp3) is 0.500. The number of benzene rings is 1. The fourth-order valence-corrected chi connectivity index (χ4v) is 2.55. The summed E-state index contributed by atoms with van der Waals surface area (Å²) in [5.74, 6) is 0.934. The molecule has 0 fully saturated rings. The minimum Gasteiger partial charge on any atom is -0.459 e. The number of aryl methyl sites for hydroxylation is 2. The van der Waals surface area contributed by atoms with Crippen molar-refractivity contribution in [3.05, 3.63) is 34.6 Å². The molecule has 0 saturated heterocycles. The first-order valence-electron chi connectivity index (χ1n) is 6.64. The number of hydrogen-bond acceptors (Lipinski definition) is 2. The molecular weight excluding hydrogens is 222 g/mol. The van der Waals surface area contributed by atoms with Gasteiger partial charge in [0.05, 0.1) is 6.54 Å². The van der Waals surface area contributed by atoms with Crippen LogP contribution in [0, 0.1) is 6.92 Å². The Kier molecular flexibility index (Phi) is 3.24. The highest BCUT2D eigenvalue weighted by atomic mass is 16.3. The molecule has 98 valence electrons. The smallest absolute Gasteiger partial charge is 0.138 e. The van der Waals surface area contributed by atoms with Crippen molar-refractivity contribution in [2.24, 2.45) is 5.73 Å². The molecule has 0 aliphatic carbocycles. The number of rotatable bonds is 2. The van der Waals surface area contributed by atoms with Crippen molar-refractivity contribution in [3.63, 3.8) is 0 Å². The predicted octanol–water partition coefficient (Wildman–Crippen LogP) is 4.06. The van der Waals surface area contributed by atoms with Crippen molar-refractivity contribution in [2.45, 2.75) is 53.0 Å². The first-order valence-corrected chi connectivity index (χ1v) is 6.64. The molecule has 1 aromatic heterocycles. The zero-order valence-electron chi connectivity index (χ0n) is 12.1. The van der Waals surface area contributed by atoms with Crippen LogP contribution in [0.4, 0.5) is 0 Å². The van der Waals surface area contributed by atoms with Gasteiger partial charge in [0.1, 0.15) is 11.3 Å². The Hall–Kier alpha value is -1.28. The van der Waals surface area contributed by atoms with Crippen LogP contribution in [0.5, 0.6) is 0 Å². The van der Waals surface area contributed by atoms with Gasteiger partial charge >= 0.3 is 0 Å². The SMILES string of the molecule is CCc1c(CN)oc2c(C(C)(C)C)cc(C)cc12. The van der Waals surface area contributed by atoms with Gasteiger partial charge < -0.3 is 10.2 Å². The highest BCUT2D eigenvalue weighted by Gasteiger charge is 2.22. The second kappa shape index (κ2) is 4.43. The largest absolute Gasteiger partial charge is 0.459 e. The lowest BCUT2D eigenvalue weighted by Gasteiger charge is -2.19. The van der Waals surface area contributed by atoms with Gasteiger partial charge in [0, 0.05) is 16.5 Å². The Morgan fingerprint density at radius 1 is 1.22 bits per heavy atom. The fourth-order valence-electron chi connectivity index (χ4n) is 2.55. The average Bonchev–Trinajstić information content (AvgIpc) is 2.63. The Labute approximate surface area is 109 Å². The molecule has 0 bridgehead atoms. The summed E-state index contributed by atoms with van der Waals surface area (Å²) in [4.78, 5) is 0. The van der Waals surface area contributed by atoms with Crippen LogP contribution < -0.4 is 5.73 Å². The lowest BCUT2D eigenvalue weighted by atomic mass is 9.84. The summed E-state index contributed by atoms with van der Waals surface area (Å²) >= 11 is 0. The minimum absolute atomic E-state index is 0.0823. The molecule has 2 N–H and O–H groups in total. The summed E-state index contributed by atoms with van der Waals surface area (Å²) in [6.07, 6.45) is 0.965. The molecule has 0 unspecified atom stereocenters. The van der Waals surface area contributed by atoms with E-state index in [0.29, 0.717) is 6.54 Å². The van der Waals surface area contributed by atoms with Crippen LogP contribution in [-0.4, -0.2) is 0 Å². The first kappa shape index (κ1) is 13.2. The maximum atomic E-state index is 6.03. The highest BCUT2D eigenvalue weighted by Crippen LogP contribution is 2.36. The molecular formula is C16H23NO. The van der Waals surface area contributed by atoms with Crippen LogP contribution >= 0.6 is 0 Å². The van der Waals surface area contributed by atoms with E-state index in [2.05, 4.69) is 46.8 Å². The van der Waals surface area contributed by atoms with Crippen molar-refractivity contribution >= 4 is 11.0 Å². The van der Waals surface area contributed by atoms with Crippen LogP contribution in [-0.2, 0) is 18.4 Å². The summed E-state index contributed by atoms with van der Waals surface area (Å²) in [5, 5.41) is 1.24. The van der Waals surface area contributed by atoms with Gasteiger partial charge in [0.25, 0.3) is 0 Å². The molecule has 18 heavy (non-hydrogen) atoms. The second-order valence-corrected chi connectivity index (χ2v) is 6.00. The van der Waals surface area contributed by atoms with E-state index in [-0.39, 0.29) is 5.41 Å². The first-order chi connectivity index (χ1) is 8.38. The summed E-state index contributed by atoms with van der Waals surface area (Å²) in [6.45, 7) is 11.4. The standard InChI is InChI=1S/C16H23NO/c1-6-11-12-7-10(2)8-13(16(3,4)5)15(12)18-14(11)9-17/h7-8H,6,9,17H2,1-5H3. The zero-order valence-corrected chi connectivity index (χ0v) is 12.1. The Morgan fingerprint density at radius 2 is 1.89 bits per heavy atom. The van der Waals surface area contributed by atoms with E-state index in [1.807, 2.05) is 0 Å². The van der Waals surface area contributed by atoms with Crippen molar-refractivity contribution in [3.8, 4) is 0 Å². The van der Waals surface area contributed by atoms with Gasteiger partial charge in [0.2, 0.25) is 0 Å². The van der Waals surface area contributed by atoms with Crippen LogP contribution in [0.25, 0.3) is 11.0 Å². The molecule has 0 atom stereocenters. The average molecular weight is 245 g/mol. The summed E-state index contributed by atoms with van der Waals surface area (Å²) < 4.78 is 6.03. The van der Waals surface area contributed by atoms with Crippen LogP contribution in [0.15, 0.2) is 16.5 Å². The normalized spacial score (nSPS) is 12.3. The quantitative estimate of drug-likeness (QED) is 0.866. The molecule has 0 saturated carbocycles. The third kappa shape index (κ3) is 2.05. The third-order valence-electron chi connectivity index (χ3n) is 3.47. The molecule has 1 aromatic carbocycles. The molecule has 0 aliphatic heterocycles. The topological polar surface area (TPSA) is 39.2 Å². The highest BCUT2D eigenvalue weighted by molar-refractivity contribution is 5.86. The maximum Gasteiger partial charge on any atom is 0.138 e. The molecule has 2 rings (SSSR count). The number of fused-ring (bicyclic) bond motifs is 1. The molecule has 1 heterocycles. The van der Waals surface area contributed by atoms with E-state index in [1.54, 1.807) is 0 Å². The predicted molar refractivity (Wildman–Crippen MR) is 76.9 cm³/mol. The molecule has 0 aliphatic rings. The lowest BCUT2D eigenvalue weighted by molar-refractivity contribution is 0.523. The number of furan rings is 1.